The molecule has 0 heterocycles. The molecule has 6 nitrogen and oxygen atoms in total. The van der Waals surface area contributed by atoms with Crippen LogP contribution in [0.15, 0.2) is 72.8 Å². The molecular weight excluding hydrogens is 356 g/mol. The lowest BCUT2D eigenvalue weighted by atomic mass is 10.1. The molecule has 3 N–H and O–H groups in total. The molecule has 0 aromatic heterocycles. The number of rotatable bonds is 7. The van der Waals surface area contributed by atoms with Gasteiger partial charge in [0.1, 0.15) is 12.6 Å². The third-order valence-electron chi connectivity index (χ3n) is 4.27. The molecule has 1 atom stereocenters. The number of amides is 2. The van der Waals surface area contributed by atoms with Crippen molar-refractivity contribution >= 4 is 28.6 Å². The van der Waals surface area contributed by atoms with Gasteiger partial charge in [-0.2, -0.15) is 0 Å². The zero-order valence-corrected chi connectivity index (χ0v) is 15.1. The molecule has 0 spiro atoms. The lowest BCUT2D eigenvalue weighted by Gasteiger charge is -2.15. The van der Waals surface area contributed by atoms with Crippen LogP contribution in [0.5, 0.6) is 0 Å². The summed E-state index contributed by atoms with van der Waals surface area (Å²) >= 11 is 0. The first-order valence-corrected chi connectivity index (χ1v) is 8.81. The van der Waals surface area contributed by atoms with E-state index in [0.717, 1.165) is 16.3 Å². The lowest BCUT2D eigenvalue weighted by molar-refractivity contribution is -0.146. The van der Waals surface area contributed by atoms with Crippen LogP contribution in [0.3, 0.4) is 0 Å². The maximum Gasteiger partial charge on any atom is 0.308 e. The van der Waals surface area contributed by atoms with Crippen molar-refractivity contribution in [2.45, 2.75) is 19.1 Å². The predicted octanol–water partition coefficient (Wildman–Crippen LogP) is 2.56. The molecule has 28 heavy (non-hydrogen) atoms. The highest BCUT2D eigenvalue weighted by Crippen LogP contribution is 2.16. The molecule has 0 aliphatic carbocycles. The van der Waals surface area contributed by atoms with Crippen molar-refractivity contribution in [3.05, 3.63) is 83.9 Å². The number of nitrogens with one attached hydrogen (secondary N) is 1. The summed E-state index contributed by atoms with van der Waals surface area (Å²) < 4.78 is 5.16. The third kappa shape index (κ3) is 4.94. The summed E-state index contributed by atoms with van der Waals surface area (Å²) in [5.74, 6) is -1.90. The second-order valence-corrected chi connectivity index (χ2v) is 6.34. The molecule has 0 saturated heterocycles. The zero-order chi connectivity index (χ0) is 19.9. The fourth-order valence-electron chi connectivity index (χ4n) is 2.76. The van der Waals surface area contributed by atoms with E-state index >= 15 is 0 Å². The molecule has 142 valence electrons. The molecule has 0 bridgehead atoms. The second kappa shape index (κ2) is 8.81. The fourth-order valence-corrected chi connectivity index (χ4v) is 2.76. The minimum absolute atomic E-state index is 0.0871. The summed E-state index contributed by atoms with van der Waals surface area (Å²) in [4.78, 5) is 36.2. The summed E-state index contributed by atoms with van der Waals surface area (Å²) in [5.41, 5.74) is 6.55. The van der Waals surface area contributed by atoms with Crippen LogP contribution in [0.4, 0.5) is 0 Å². The molecule has 6 heteroatoms. The molecule has 0 saturated carbocycles. The SMILES string of the molecule is NC(=O)[C@@H](CC(=O)OCc1ccccc1)NC(=O)c1ccc2ccccc2c1. The molecule has 0 fully saturated rings. The number of carbonyl (C=O) groups is 3. The highest BCUT2D eigenvalue weighted by Gasteiger charge is 2.23. The highest BCUT2D eigenvalue weighted by molar-refractivity contribution is 6.01. The normalized spacial score (nSPS) is 11.6. The minimum Gasteiger partial charge on any atom is -0.461 e. The first-order valence-electron chi connectivity index (χ1n) is 8.81. The number of nitrogens with two attached hydrogens (primary N) is 1. The molecule has 0 aliphatic heterocycles. The summed E-state index contributed by atoms with van der Waals surface area (Å²) in [5, 5.41) is 4.40. The monoisotopic (exact) mass is 376 g/mol. The van der Waals surface area contributed by atoms with E-state index in [2.05, 4.69) is 5.32 Å². The van der Waals surface area contributed by atoms with Crippen molar-refractivity contribution in [2.24, 2.45) is 5.73 Å². The smallest absolute Gasteiger partial charge is 0.308 e. The van der Waals surface area contributed by atoms with E-state index in [-0.39, 0.29) is 13.0 Å². The Morgan fingerprint density at radius 1 is 0.893 bits per heavy atom. The van der Waals surface area contributed by atoms with Crippen molar-refractivity contribution in [1.82, 2.24) is 5.32 Å². The first kappa shape index (κ1) is 19.1. The summed E-state index contributed by atoms with van der Waals surface area (Å²) in [6, 6.07) is 20.8. The van der Waals surface area contributed by atoms with Gasteiger partial charge in [0.25, 0.3) is 5.91 Å². The first-order chi connectivity index (χ1) is 13.5. The van der Waals surface area contributed by atoms with E-state index in [9.17, 15) is 14.4 Å². The maximum atomic E-state index is 12.5. The largest absolute Gasteiger partial charge is 0.461 e. The van der Waals surface area contributed by atoms with Crippen molar-refractivity contribution in [3.8, 4) is 0 Å². The number of carbonyl (C=O) groups excluding carboxylic acids is 3. The van der Waals surface area contributed by atoms with Gasteiger partial charge in [-0.3, -0.25) is 14.4 Å². The van der Waals surface area contributed by atoms with Crippen LogP contribution in [0.1, 0.15) is 22.3 Å². The van der Waals surface area contributed by atoms with Gasteiger partial charge in [0.05, 0.1) is 6.42 Å². The van der Waals surface area contributed by atoms with Gasteiger partial charge in [-0.15, -0.1) is 0 Å². The van der Waals surface area contributed by atoms with E-state index in [1.165, 1.54) is 0 Å². The Morgan fingerprint density at radius 3 is 2.29 bits per heavy atom. The van der Waals surface area contributed by atoms with Crippen molar-refractivity contribution in [2.75, 3.05) is 0 Å². The average Bonchev–Trinajstić information content (AvgIpc) is 2.72. The van der Waals surface area contributed by atoms with E-state index < -0.39 is 23.8 Å². The van der Waals surface area contributed by atoms with E-state index in [1.54, 1.807) is 12.1 Å². The van der Waals surface area contributed by atoms with Crippen LogP contribution in [0.2, 0.25) is 0 Å². The van der Waals surface area contributed by atoms with E-state index in [1.807, 2.05) is 60.7 Å². The average molecular weight is 376 g/mol. The number of fused-ring (bicyclic) bond motifs is 1. The van der Waals surface area contributed by atoms with Gasteiger partial charge < -0.3 is 15.8 Å². The number of hydrogen-bond donors (Lipinski definition) is 2. The van der Waals surface area contributed by atoms with Crippen LogP contribution in [-0.2, 0) is 20.9 Å². The van der Waals surface area contributed by atoms with Crippen molar-refractivity contribution in [1.29, 1.82) is 0 Å². The van der Waals surface area contributed by atoms with Gasteiger partial charge in [-0.1, -0.05) is 60.7 Å². The molecule has 0 unspecified atom stereocenters. The third-order valence-corrected chi connectivity index (χ3v) is 4.27. The number of primary amides is 1. The second-order valence-electron chi connectivity index (χ2n) is 6.34. The van der Waals surface area contributed by atoms with Crippen LogP contribution in [0.25, 0.3) is 10.8 Å². The molecule has 0 aliphatic rings. The van der Waals surface area contributed by atoms with Crippen molar-refractivity contribution in [3.63, 3.8) is 0 Å². The Morgan fingerprint density at radius 2 is 1.57 bits per heavy atom. The van der Waals surface area contributed by atoms with Gasteiger partial charge >= 0.3 is 5.97 Å². The summed E-state index contributed by atoms with van der Waals surface area (Å²) in [6.45, 7) is 0.0871. The molecule has 3 aromatic rings. The van der Waals surface area contributed by atoms with Gasteiger partial charge in [-0.05, 0) is 28.5 Å². The van der Waals surface area contributed by atoms with Crippen LogP contribution < -0.4 is 11.1 Å². The Kier molecular flexibility index (Phi) is 6.01. The quantitative estimate of drug-likeness (QED) is 0.619. The number of benzene rings is 3. The maximum absolute atomic E-state index is 12.5. The van der Waals surface area contributed by atoms with E-state index in [0.29, 0.717) is 5.56 Å². The Labute approximate surface area is 162 Å². The number of ether oxygens (including phenoxy) is 1. The topological polar surface area (TPSA) is 98.5 Å². The Hall–Kier alpha value is -3.67. The lowest BCUT2D eigenvalue weighted by Crippen LogP contribution is -2.45. The van der Waals surface area contributed by atoms with Crippen molar-refractivity contribution < 1.29 is 19.1 Å². The summed E-state index contributed by atoms with van der Waals surface area (Å²) in [6.07, 6.45) is -0.332. The number of hydrogen-bond acceptors (Lipinski definition) is 4. The van der Waals surface area contributed by atoms with Gasteiger partial charge in [0.2, 0.25) is 5.91 Å². The Balaban J connectivity index is 1.62. The van der Waals surface area contributed by atoms with E-state index in [4.69, 9.17) is 10.5 Å². The van der Waals surface area contributed by atoms with Gasteiger partial charge in [-0.25, -0.2) is 0 Å². The minimum atomic E-state index is -1.15. The molecular formula is C22H20N2O4. The molecule has 0 radical (unpaired) electrons. The molecule has 3 rings (SSSR count). The Bertz CT molecular complexity index is 1000. The molecule has 2 amide bonds. The van der Waals surface area contributed by atoms with Crippen LogP contribution in [0, 0.1) is 0 Å². The summed E-state index contributed by atoms with van der Waals surface area (Å²) in [7, 11) is 0. The van der Waals surface area contributed by atoms with Crippen LogP contribution >= 0.6 is 0 Å². The fraction of sp³-hybridized carbons (Fsp3) is 0.136. The standard InChI is InChI=1S/C22H20N2O4/c23-21(26)19(13-20(25)28-14-15-6-2-1-3-7-15)24-22(27)18-11-10-16-8-4-5-9-17(16)12-18/h1-12,19H,13-14H2,(H2,23,26)(H,24,27)/t19-/m1/s1. The van der Waals surface area contributed by atoms with Crippen LogP contribution in [-0.4, -0.2) is 23.8 Å². The number of esters is 1. The zero-order valence-electron chi connectivity index (χ0n) is 15.1. The highest BCUT2D eigenvalue weighted by atomic mass is 16.5. The molecule has 3 aromatic carbocycles. The van der Waals surface area contributed by atoms with Gasteiger partial charge in [0, 0.05) is 5.56 Å². The predicted molar refractivity (Wildman–Crippen MR) is 105 cm³/mol. The van der Waals surface area contributed by atoms with Gasteiger partial charge in [0.15, 0.2) is 0 Å².